The lowest BCUT2D eigenvalue weighted by Gasteiger charge is -2.12. The summed E-state index contributed by atoms with van der Waals surface area (Å²) in [5.74, 6) is 0. The number of hydrogen-bond donors (Lipinski definition) is 0. The number of aromatic nitrogens is 3. The molecule has 244 valence electrons. The van der Waals surface area contributed by atoms with Crippen molar-refractivity contribution in [3.8, 4) is 11.4 Å². The number of benzene rings is 9. The Balaban J connectivity index is 1.16. The van der Waals surface area contributed by atoms with E-state index in [0.29, 0.717) is 0 Å². The molecule has 0 amide bonds. The van der Waals surface area contributed by atoms with Gasteiger partial charge in [-0.25, -0.2) is 0 Å². The Morgan fingerprint density at radius 1 is 0.264 bits per heavy atom. The van der Waals surface area contributed by atoms with Crippen LogP contribution in [0.5, 0.6) is 0 Å². The lowest BCUT2D eigenvalue weighted by atomic mass is 10.0. The summed E-state index contributed by atoms with van der Waals surface area (Å²) in [5, 5.41) is 15.2. The Morgan fingerprint density at radius 2 is 0.642 bits per heavy atom. The lowest BCUT2D eigenvalue weighted by molar-refractivity contribution is 1.20. The van der Waals surface area contributed by atoms with Crippen molar-refractivity contribution in [1.29, 1.82) is 0 Å². The SMILES string of the molecule is c1ccc2cc3c(cc2c1)c1ccccc1n3-c1cccc2c1c1cccc3c4c(-n5c6ccccc6c6cc7ccccc7cc65)cccc4n2c13. The summed E-state index contributed by atoms with van der Waals surface area (Å²) in [6.07, 6.45) is 0. The smallest absolute Gasteiger partial charge is 0.0622 e. The Kier molecular flexibility index (Phi) is 5.11. The first-order chi connectivity index (χ1) is 26.3. The van der Waals surface area contributed by atoms with Crippen LogP contribution in [0.1, 0.15) is 0 Å². The molecule has 4 aromatic heterocycles. The molecule has 0 aliphatic carbocycles. The summed E-state index contributed by atoms with van der Waals surface area (Å²) in [6.45, 7) is 0. The fraction of sp³-hybridized carbons (Fsp3) is 0. The Hall–Kier alpha value is -7.10. The monoisotopic (exact) mass is 671 g/mol. The summed E-state index contributed by atoms with van der Waals surface area (Å²) in [4.78, 5) is 0. The molecule has 3 nitrogen and oxygen atoms in total. The zero-order valence-electron chi connectivity index (χ0n) is 28.6. The Bertz CT molecular complexity index is 3450. The molecular formula is C50H29N3. The minimum absolute atomic E-state index is 1.21. The van der Waals surface area contributed by atoms with Gasteiger partial charge in [-0.15, -0.1) is 0 Å². The van der Waals surface area contributed by atoms with Gasteiger partial charge in [0.1, 0.15) is 0 Å². The highest BCUT2D eigenvalue weighted by atomic mass is 15.0. The van der Waals surface area contributed by atoms with E-state index in [2.05, 4.69) is 189 Å². The number of hydrogen-bond acceptors (Lipinski definition) is 0. The zero-order chi connectivity index (χ0) is 34.4. The van der Waals surface area contributed by atoms with Crippen LogP contribution in [0.4, 0.5) is 0 Å². The first kappa shape index (κ1) is 27.6. The van der Waals surface area contributed by atoms with Gasteiger partial charge in [-0.1, -0.05) is 115 Å². The second-order valence-corrected chi connectivity index (χ2v) is 14.5. The molecule has 0 saturated carbocycles. The van der Waals surface area contributed by atoms with Crippen LogP contribution in [-0.4, -0.2) is 13.5 Å². The molecular weight excluding hydrogens is 643 g/mol. The van der Waals surface area contributed by atoms with Gasteiger partial charge in [-0.05, 0) is 82.2 Å². The Morgan fingerprint density at radius 3 is 1.13 bits per heavy atom. The largest absolute Gasteiger partial charge is 0.309 e. The van der Waals surface area contributed by atoms with Crippen molar-refractivity contribution in [3.05, 3.63) is 176 Å². The minimum atomic E-state index is 1.21. The second kappa shape index (κ2) is 9.81. The van der Waals surface area contributed by atoms with Gasteiger partial charge in [0.05, 0.1) is 50.0 Å². The maximum atomic E-state index is 2.52. The van der Waals surface area contributed by atoms with Crippen LogP contribution < -0.4 is 0 Å². The second-order valence-electron chi connectivity index (χ2n) is 14.5. The molecule has 13 aromatic rings. The number of nitrogens with zero attached hydrogens (tertiary/aromatic N) is 3. The molecule has 0 fully saturated rings. The van der Waals surface area contributed by atoms with Crippen LogP contribution in [0, 0.1) is 0 Å². The van der Waals surface area contributed by atoms with Gasteiger partial charge < -0.3 is 13.5 Å². The molecule has 3 heteroatoms. The van der Waals surface area contributed by atoms with E-state index in [9.17, 15) is 0 Å². The van der Waals surface area contributed by atoms with Crippen LogP contribution in [-0.2, 0) is 0 Å². The predicted octanol–water partition coefficient (Wildman–Crippen LogP) is 13.3. The minimum Gasteiger partial charge on any atom is -0.309 e. The maximum absolute atomic E-state index is 2.52. The van der Waals surface area contributed by atoms with E-state index in [-0.39, 0.29) is 0 Å². The molecule has 0 bridgehead atoms. The Labute approximate surface area is 303 Å². The molecule has 0 spiro atoms. The average molecular weight is 672 g/mol. The van der Waals surface area contributed by atoms with Gasteiger partial charge in [0.25, 0.3) is 0 Å². The molecule has 0 N–H and O–H groups in total. The molecule has 53 heavy (non-hydrogen) atoms. The zero-order valence-corrected chi connectivity index (χ0v) is 28.6. The third-order valence-electron chi connectivity index (χ3n) is 11.9. The number of rotatable bonds is 2. The quantitative estimate of drug-likeness (QED) is 0.174. The van der Waals surface area contributed by atoms with Crippen molar-refractivity contribution in [2.45, 2.75) is 0 Å². The van der Waals surface area contributed by atoms with Crippen molar-refractivity contribution >= 4 is 103 Å². The fourth-order valence-electron chi connectivity index (χ4n) is 9.74. The third kappa shape index (κ3) is 3.44. The van der Waals surface area contributed by atoms with Crippen molar-refractivity contribution in [2.24, 2.45) is 0 Å². The van der Waals surface area contributed by atoms with E-state index >= 15 is 0 Å². The number of fused-ring (bicyclic) bond motifs is 14. The third-order valence-corrected chi connectivity index (χ3v) is 11.9. The first-order valence-corrected chi connectivity index (χ1v) is 18.4. The summed E-state index contributed by atoms with van der Waals surface area (Å²) >= 11 is 0. The van der Waals surface area contributed by atoms with Crippen molar-refractivity contribution in [1.82, 2.24) is 13.5 Å². The first-order valence-electron chi connectivity index (χ1n) is 18.4. The average Bonchev–Trinajstić information content (AvgIpc) is 3.93. The van der Waals surface area contributed by atoms with Crippen molar-refractivity contribution in [2.75, 3.05) is 0 Å². The highest BCUT2D eigenvalue weighted by Crippen LogP contribution is 2.46. The summed E-state index contributed by atoms with van der Waals surface area (Å²) in [6, 6.07) is 65.2. The molecule has 13 rings (SSSR count). The van der Waals surface area contributed by atoms with E-state index in [1.165, 1.54) is 115 Å². The molecule has 9 aromatic carbocycles. The predicted molar refractivity (Wildman–Crippen MR) is 225 cm³/mol. The summed E-state index contributed by atoms with van der Waals surface area (Å²) < 4.78 is 7.52. The molecule has 0 radical (unpaired) electrons. The van der Waals surface area contributed by atoms with Gasteiger partial charge in [-0.2, -0.15) is 0 Å². The lowest BCUT2D eigenvalue weighted by Crippen LogP contribution is -1.96. The van der Waals surface area contributed by atoms with Crippen molar-refractivity contribution in [3.63, 3.8) is 0 Å². The van der Waals surface area contributed by atoms with Gasteiger partial charge in [-0.3, -0.25) is 0 Å². The normalized spacial score (nSPS) is 12.5. The topological polar surface area (TPSA) is 14.3 Å². The van der Waals surface area contributed by atoms with E-state index in [4.69, 9.17) is 0 Å². The van der Waals surface area contributed by atoms with E-state index in [1.54, 1.807) is 0 Å². The van der Waals surface area contributed by atoms with E-state index < -0.39 is 0 Å². The molecule has 0 aliphatic heterocycles. The van der Waals surface area contributed by atoms with Crippen LogP contribution in [0.2, 0.25) is 0 Å². The van der Waals surface area contributed by atoms with Gasteiger partial charge >= 0.3 is 0 Å². The van der Waals surface area contributed by atoms with Crippen molar-refractivity contribution < 1.29 is 0 Å². The highest BCUT2D eigenvalue weighted by Gasteiger charge is 2.24. The van der Waals surface area contributed by atoms with Crippen LogP contribution in [0.15, 0.2) is 176 Å². The molecule has 4 heterocycles. The van der Waals surface area contributed by atoms with Gasteiger partial charge in [0.15, 0.2) is 0 Å². The fourth-order valence-corrected chi connectivity index (χ4v) is 9.74. The molecule has 0 atom stereocenters. The number of para-hydroxylation sites is 3. The molecule has 0 aliphatic rings. The van der Waals surface area contributed by atoms with Crippen LogP contribution in [0.25, 0.3) is 115 Å². The van der Waals surface area contributed by atoms with E-state index in [1.807, 2.05) is 0 Å². The highest BCUT2D eigenvalue weighted by molar-refractivity contribution is 6.27. The van der Waals surface area contributed by atoms with Crippen LogP contribution >= 0.6 is 0 Å². The van der Waals surface area contributed by atoms with Gasteiger partial charge in [0.2, 0.25) is 0 Å². The maximum Gasteiger partial charge on any atom is 0.0622 e. The summed E-state index contributed by atoms with van der Waals surface area (Å²) in [7, 11) is 0. The standard InChI is InChI=1S/C50H29N3/c1-3-14-32-28-46-38(26-30(32)12-1)34-16-5-7-20-40(34)51(46)42-22-10-24-44-48(42)36-18-9-19-37-49-43(23-11-25-45(49)53(44)50(36)37)52-41-21-8-6-17-35(41)39-27-31-13-2-4-15-33(31)29-47(39)52/h1-29H. The molecule has 0 unspecified atom stereocenters. The van der Waals surface area contributed by atoms with Crippen LogP contribution in [0.3, 0.4) is 0 Å². The van der Waals surface area contributed by atoms with E-state index in [0.717, 1.165) is 0 Å². The molecule has 0 saturated heterocycles. The van der Waals surface area contributed by atoms with Gasteiger partial charge in [0, 0.05) is 43.1 Å². The summed E-state index contributed by atoms with van der Waals surface area (Å²) in [5.41, 5.74) is 11.0.